The average Bonchev–Trinajstić information content (AvgIpc) is 3.48. The first kappa shape index (κ1) is 28.5. The van der Waals surface area contributed by atoms with Crippen LogP contribution in [-0.2, 0) is 12.6 Å². The van der Waals surface area contributed by atoms with Gasteiger partial charge < -0.3 is 10.2 Å². The van der Waals surface area contributed by atoms with Crippen molar-refractivity contribution < 1.29 is 22.8 Å². The fraction of sp³-hybridized carbons (Fsp3) is 0.281. The van der Waals surface area contributed by atoms with E-state index in [0.717, 1.165) is 42.0 Å². The van der Waals surface area contributed by atoms with Gasteiger partial charge in [-0.2, -0.15) is 13.2 Å². The van der Waals surface area contributed by atoms with Crippen LogP contribution in [0.5, 0.6) is 0 Å². The Morgan fingerprint density at radius 2 is 1.66 bits per heavy atom. The Bertz CT molecular complexity index is 1510. The number of aryl methyl sites for hydroxylation is 1. The lowest BCUT2D eigenvalue weighted by Crippen LogP contribution is -2.38. The maximum absolute atomic E-state index is 13.5. The largest absolute Gasteiger partial charge is 0.416 e. The Balaban J connectivity index is 1.17. The number of carbonyl (C=O) groups excluding carboxylic acids is 2. The molecule has 0 bridgehead atoms. The minimum absolute atomic E-state index is 0.147. The highest BCUT2D eigenvalue weighted by Crippen LogP contribution is 2.34. The molecule has 0 unspecified atom stereocenters. The summed E-state index contributed by atoms with van der Waals surface area (Å²) in [6.07, 6.45) is -2.23. The fourth-order valence-electron chi connectivity index (χ4n) is 5.01. The van der Waals surface area contributed by atoms with E-state index >= 15 is 0 Å². The van der Waals surface area contributed by atoms with Crippen molar-refractivity contribution in [2.45, 2.75) is 38.3 Å². The topological polar surface area (TPSA) is 62.3 Å². The summed E-state index contributed by atoms with van der Waals surface area (Å²) in [7, 11) is 0. The molecule has 1 saturated heterocycles. The normalized spacial score (nSPS) is 14.2. The number of nitrogens with zero attached hydrogens (tertiary/aromatic N) is 2. The van der Waals surface area contributed by atoms with E-state index in [-0.39, 0.29) is 17.7 Å². The van der Waals surface area contributed by atoms with Gasteiger partial charge in [0.15, 0.2) is 0 Å². The summed E-state index contributed by atoms with van der Waals surface area (Å²) in [6.45, 7) is 3.63. The monoisotopic (exact) mass is 577 g/mol. The highest BCUT2D eigenvalue weighted by molar-refractivity contribution is 7.09. The third-order valence-corrected chi connectivity index (χ3v) is 8.39. The van der Waals surface area contributed by atoms with Crippen LogP contribution < -0.4 is 5.32 Å². The molecule has 3 aromatic carbocycles. The van der Waals surface area contributed by atoms with Gasteiger partial charge in [0, 0.05) is 36.5 Å². The lowest BCUT2D eigenvalue weighted by Gasteiger charge is -2.31. The molecule has 1 aliphatic heterocycles. The third kappa shape index (κ3) is 6.85. The summed E-state index contributed by atoms with van der Waals surface area (Å²) < 4.78 is 39.0. The van der Waals surface area contributed by atoms with Crippen molar-refractivity contribution >= 4 is 23.2 Å². The molecule has 5 rings (SSSR count). The number of halogens is 3. The van der Waals surface area contributed by atoms with E-state index in [0.29, 0.717) is 42.0 Å². The molecule has 2 amide bonds. The van der Waals surface area contributed by atoms with Crippen molar-refractivity contribution in [3.63, 3.8) is 0 Å². The van der Waals surface area contributed by atoms with Crippen molar-refractivity contribution in [3.05, 3.63) is 111 Å². The maximum Gasteiger partial charge on any atom is 0.416 e. The van der Waals surface area contributed by atoms with Crippen molar-refractivity contribution in [1.29, 1.82) is 0 Å². The number of piperidine rings is 1. The van der Waals surface area contributed by atoms with Gasteiger partial charge in [0.05, 0.1) is 10.6 Å². The van der Waals surface area contributed by atoms with Gasteiger partial charge in [0.25, 0.3) is 11.8 Å². The molecule has 1 aromatic heterocycles. The van der Waals surface area contributed by atoms with E-state index in [1.165, 1.54) is 29.0 Å². The predicted molar refractivity (Wildman–Crippen MR) is 154 cm³/mol. The van der Waals surface area contributed by atoms with Gasteiger partial charge in [0.2, 0.25) is 0 Å². The molecule has 0 aliphatic carbocycles. The van der Waals surface area contributed by atoms with E-state index < -0.39 is 11.7 Å². The number of thiazole rings is 1. The predicted octanol–water partition coefficient (Wildman–Crippen LogP) is 7.13. The Labute approximate surface area is 241 Å². The van der Waals surface area contributed by atoms with Crippen LogP contribution in [-0.4, -0.2) is 41.3 Å². The minimum atomic E-state index is -4.41. The second-order valence-corrected chi connectivity index (χ2v) is 11.1. The average molecular weight is 578 g/mol. The smallest absolute Gasteiger partial charge is 0.350 e. The van der Waals surface area contributed by atoms with Crippen molar-refractivity contribution in [2.24, 2.45) is 0 Å². The summed E-state index contributed by atoms with van der Waals surface area (Å²) in [4.78, 5) is 32.5. The zero-order chi connectivity index (χ0) is 29.0. The van der Waals surface area contributed by atoms with Crippen LogP contribution in [0, 0.1) is 6.92 Å². The molecule has 0 radical (unpaired) electrons. The van der Waals surface area contributed by atoms with Gasteiger partial charge in [-0.3, -0.25) is 9.59 Å². The number of nitrogens with one attached hydrogen (secondary N) is 1. The zero-order valence-electron chi connectivity index (χ0n) is 22.6. The lowest BCUT2D eigenvalue weighted by atomic mass is 9.94. The van der Waals surface area contributed by atoms with Crippen LogP contribution >= 0.6 is 11.3 Å². The van der Waals surface area contributed by atoms with Crippen molar-refractivity contribution in [2.75, 3.05) is 19.6 Å². The van der Waals surface area contributed by atoms with Crippen LogP contribution in [0.15, 0.2) is 78.2 Å². The quantitative estimate of drug-likeness (QED) is 0.254. The summed E-state index contributed by atoms with van der Waals surface area (Å²) in [5, 5.41) is 5.62. The van der Waals surface area contributed by atoms with Gasteiger partial charge in [-0.25, -0.2) is 4.98 Å². The molecular formula is C32H30F3N3O2S. The maximum atomic E-state index is 13.5. The number of likely N-dealkylation sites (tertiary alicyclic amines) is 1. The van der Waals surface area contributed by atoms with E-state index in [4.69, 9.17) is 0 Å². The molecule has 1 aliphatic rings. The van der Waals surface area contributed by atoms with Crippen LogP contribution in [0.2, 0.25) is 0 Å². The van der Waals surface area contributed by atoms with Crippen molar-refractivity contribution in [1.82, 2.24) is 15.2 Å². The molecule has 212 valence electrons. The second kappa shape index (κ2) is 12.3. The van der Waals surface area contributed by atoms with Crippen molar-refractivity contribution in [3.8, 4) is 11.1 Å². The van der Waals surface area contributed by atoms with Gasteiger partial charge in [-0.05, 0) is 61.1 Å². The molecule has 4 aromatic rings. The Hall–Kier alpha value is -3.98. The summed E-state index contributed by atoms with van der Waals surface area (Å²) in [5.41, 5.74) is 3.68. The van der Waals surface area contributed by atoms with E-state index in [1.54, 1.807) is 34.5 Å². The number of hydrogen-bond acceptors (Lipinski definition) is 4. The molecule has 5 nitrogen and oxygen atoms in total. The number of aromatic nitrogens is 1. The molecule has 9 heteroatoms. The number of rotatable bonds is 7. The van der Waals surface area contributed by atoms with Gasteiger partial charge in [0.1, 0.15) is 5.69 Å². The van der Waals surface area contributed by atoms with Crippen LogP contribution in [0.1, 0.15) is 61.3 Å². The highest BCUT2D eigenvalue weighted by atomic mass is 32.1. The molecule has 41 heavy (non-hydrogen) atoms. The van der Waals surface area contributed by atoms with Crippen LogP contribution in [0.4, 0.5) is 13.2 Å². The standard InChI is InChI=1S/C32H30F3N3O2S/c1-21-6-8-22(9-7-21)14-17-36-29(39)28-20-41-30(37-28)24-15-18-38(19-16-24)31(40)27-5-3-2-4-26(27)23-10-12-25(13-11-23)32(33,34)35/h2-13,20,24H,14-19H2,1H3,(H,36,39). The number of amides is 2. The summed E-state index contributed by atoms with van der Waals surface area (Å²) in [5.74, 6) is -0.179. The number of hydrogen-bond donors (Lipinski definition) is 1. The highest BCUT2D eigenvalue weighted by Gasteiger charge is 2.31. The molecule has 0 spiro atoms. The van der Waals surface area contributed by atoms with E-state index in [1.807, 2.05) is 6.92 Å². The molecule has 0 atom stereocenters. The second-order valence-electron chi connectivity index (χ2n) is 10.2. The summed E-state index contributed by atoms with van der Waals surface area (Å²) >= 11 is 1.47. The Morgan fingerprint density at radius 1 is 0.976 bits per heavy atom. The number of carbonyl (C=O) groups is 2. The molecule has 1 N–H and O–H groups in total. The van der Waals surface area contributed by atoms with Crippen LogP contribution in [0.25, 0.3) is 11.1 Å². The Kier molecular flexibility index (Phi) is 8.54. The molecule has 1 fully saturated rings. The molecule has 0 saturated carbocycles. The Morgan fingerprint density at radius 3 is 2.34 bits per heavy atom. The third-order valence-electron chi connectivity index (χ3n) is 7.39. The molecular weight excluding hydrogens is 547 g/mol. The van der Waals surface area contributed by atoms with E-state index in [9.17, 15) is 22.8 Å². The SMILES string of the molecule is Cc1ccc(CCNC(=O)c2csc(C3CCN(C(=O)c4ccccc4-c4ccc(C(F)(F)F)cc4)CC3)n2)cc1. The summed E-state index contributed by atoms with van der Waals surface area (Å²) in [6, 6.07) is 20.1. The first-order chi connectivity index (χ1) is 19.7. The number of benzene rings is 3. The van der Waals surface area contributed by atoms with Gasteiger partial charge in [-0.1, -0.05) is 60.2 Å². The lowest BCUT2D eigenvalue weighted by molar-refractivity contribution is -0.137. The van der Waals surface area contributed by atoms with Gasteiger partial charge >= 0.3 is 6.18 Å². The first-order valence-electron chi connectivity index (χ1n) is 13.5. The fourth-order valence-corrected chi connectivity index (χ4v) is 5.98. The number of alkyl halides is 3. The van der Waals surface area contributed by atoms with E-state index in [2.05, 4.69) is 34.6 Å². The zero-order valence-corrected chi connectivity index (χ0v) is 23.4. The van der Waals surface area contributed by atoms with Gasteiger partial charge in [-0.15, -0.1) is 11.3 Å². The minimum Gasteiger partial charge on any atom is -0.350 e. The van der Waals surface area contributed by atoms with Crippen LogP contribution in [0.3, 0.4) is 0 Å². The first-order valence-corrected chi connectivity index (χ1v) is 14.4. The molecule has 2 heterocycles.